The number of ether oxygens (including phenoxy) is 1. The summed E-state index contributed by atoms with van der Waals surface area (Å²) in [5.74, 6) is -0.602. The highest BCUT2D eigenvalue weighted by molar-refractivity contribution is 6.31. The van der Waals surface area contributed by atoms with Gasteiger partial charge in [0.2, 0.25) is 0 Å². The SMILES string of the molecule is COc1c(N)cc(Cl)cc1-c1ccccc1C(=O)O. The fourth-order valence-electron chi connectivity index (χ4n) is 1.95. The Labute approximate surface area is 115 Å². The Bertz CT molecular complexity index is 641. The number of halogens is 1. The molecule has 0 aliphatic rings. The second-order valence-corrected chi connectivity index (χ2v) is 4.36. The largest absolute Gasteiger partial charge is 0.494 e. The molecule has 0 amide bonds. The van der Waals surface area contributed by atoms with Crippen molar-refractivity contribution >= 4 is 23.3 Å². The number of anilines is 1. The minimum atomic E-state index is -1.02. The van der Waals surface area contributed by atoms with Crippen molar-refractivity contribution in [2.45, 2.75) is 0 Å². The molecule has 0 aromatic heterocycles. The van der Waals surface area contributed by atoms with Crippen molar-refractivity contribution in [1.82, 2.24) is 0 Å². The van der Waals surface area contributed by atoms with Crippen LogP contribution in [0.3, 0.4) is 0 Å². The van der Waals surface area contributed by atoms with Gasteiger partial charge >= 0.3 is 5.97 Å². The van der Waals surface area contributed by atoms with E-state index < -0.39 is 5.97 Å². The van der Waals surface area contributed by atoms with Crippen molar-refractivity contribution in [3.8, 4) is 16.9 Å². The molecule has 0 saturated heterocycles. The number of benzene rings is 2. The Morgan fingerprint density at radius 3 is 2.58 bits per heavy atom. The Hall–Kier alpha value is -2.20. The molecule has 0 saturated carbocycles. The molecule has 19 heavy (non-hydrogen) atoms. The third kappa shape index (κ3) is 2.48. The number of carboxylic acid groups (broad SMARTS) is 1. The topological polar surface area (TPSA) is 72.5 Å². The van der Waals surface area contributed by atoms with Gasteiger partial charge in [-0.3, -0.25) is 0 Å². The Balaban J connectivity index is 2.75. The Morgan fingerprint density at radius 1 is 1.26 bits per heavy atom. The highest BCUT2D eigenvalue weighted by atomic mass is 35.5. The van der Waals surface area contributed by atoms with Crippen LogP contribution in [0, 0.1) is 0 Å². The van der Waals surface area contributed by atoms with E-state index in [-0.39, 0.29) is 5.56 Å². The second-order valence-electron chi connectivity index (χ2n) is 3.93. The molecule has 0 fully saturated rings. The van der Waals surface area contributed by atoms with E-state index in [1.807, 2.05) is 0 Å². The van der Waals surface area contributed by atoms with Crippen molar-refractivity contribution < 1.29 is 14.6 Å². The van der Waals surface area contributed by atoms with Crippen LogP contribution in [0.4, 0.5) is 5.69 Å². The zero-order valence-electron chi connectivity index (χ0n) is 10.2. The maximum atomic E-state index is 11.3. The summed E-state index contributed by atoms with van der Waals surface area (Å²) in [6, 6.07) is 9.82. The zero-order chi connectivity index (χ0) is 14.0. The Morgan fingerprint density at radius 2 is 1.95 bits per heavy atom. The van der Waals surface area contributed by atoms with E-state index in [2.05, 4.69) is 0 Å². The van der Waals surface area contributed by atoms with Gasteiger partial charge in [-0.25, -0.2) is 4.79 Å². The monoisotopic (exact) mass is 277 g/mol. The molecule has 0 atom stereocenters. The summed E-state index contributed by atoms with van der Waals surface area (Å²) in [7, 11) is 1.48. The predicted octanol–water partition coefficient (Wildman–Crippen LogP) is 3.30. The molecule has 0 spiro atoms. The van der Waals surface area contributed by atoms with Crippen LogP contribution in [0.25, 0.3) is 11.1 Å². The van der Waals surface area contributed by atoms with Gasteiger partial charge in [0.15, 0.2) is 0 Å². The van der Waals surface area contributed by atoms with Gasteiger partial charge in [-0.2, -0.15) is 0 Å². The zero-order valence-corrected chi connectivity index (χ0v) is 10.9. The van der Waals surface area contributed by atoms with Crippen LogP contribution in [-0.2, 0) is 0 Å². The van der Waals surface area contributed by atoms with Crippen LogP contribution >= 0.6 is 11.6 Å². The lowest BCUT2D eigenvalue weighted by Crippen LogP contribution is -2.01. The lowest BCUT2D eigenvalue weighted by molar-refractivity contribution is 0.0697. The molecule has 0 aliphatic heterocycles. The molecule has 4 nitrogen and oxygen atoms in total. The standard InChI is InChI=1S/C14H12ClNO3/c1-19-13-11(6-8(15)7-12(13)16)9-4-2-3-5-10(9)14(17)18/h2-7H,16H2,1H3,(H,17,18). The minimum absolute atomic E-state index is 0.169. The molecule has 0 aliphatic carbocycles. The number of hydrogen-bond acceptors (Lipinski definition) is 3. The summed E-state index contributed by atoms with van der Waals surface area (Å²) in [6.07, 6.45) is 0. The van der Waals surface area contributed by atoms with E-state index in [0.717, 1.165) is 0 Å². The van der Waals surface area contributed by atoms with E-state index in [1.54, 1.807) is 30.3 Å². The normalized spacial score (nSPS) is 10.2. The van der Waals surface area contributed by atoms with Gasteiger partial charge in [-0.1, -0.05) is 29.8 Å². The maximum Gasteiger partial charge on any atom is 0.336 e. The van der Waals surface area contributed by atoms with Crippen molar-refractivity contribution in [2.75, 3.05) is 12.8 Å². The smallest absolute Gasteiger partial charge is 0.336 e. The van der Waals surface area contributed by atoms with E-state index >= 15 is 0 Å². The van der Waals surface area contributed by atoms with Crippen molar-refractivity contribution in [2.24, 2.45) is 0 Å². The number of carbonyl (C=O) groups is 1. The van der Waals surface area contributed by atoms with Gasteiger partial charge in [0, 0.05) is 10.6 Å². The molecule has 2 aromatic carbocycles. The predicted molar refractivity (Wildman–Crippen MR) is 74.8 cm³/mol. The number of methoxy groups -OCH3 is 1. The van der Waals surface area contributed by atoms with Crippen LogP contribution < -0.4 is 10.5 Å². The summed E-state index contributed by atoms with van der Waals surface area (Å²) in [4.78, 5) is 11.3. The fraction of sp³-hybridized carbons (Fsp3) is 0.0714. The molecule has 0 radical (unpaired) electrons. The van der Waals surface area contributed by atoms with Gasteiger partial charge in [0.1, 0.15) is 5.75 Å². The van der Waals surface area contributed by atoms with E-state index in [4.69, 9.17) is 22.1 Å². The Kier molecular flexibility index (Phi) is 3.62. The van der Waals surface area contributed by atoms with Gasteiger partial charge < -0.3 is 15.6 Å². The van der Waals surface area contributed by atoms with Crippen LogP contribution in [0.1, 0.15) is 10.4 Å². The first-order chi connectivity index (χ1) is 9.04. The molecular weight excluding hydrogens is 266 g/mol. The molecule has 0 bridgehead atoms. The fourth-order valence-corrected chi connectivity index (χ4v) is 2.17. The molecule has 3 N–H and O–H groups in total. The van der Waals surface area contributed by atoms with E-state index in [0.29, 0.717) is 27.6 Å². The molecular formula is C14H12ClNO3. The number of rotatable bonds is 3. The van der Waals surface area contributed by atoms with Crippen LogP contribution in [0.2, 0.25) is 5.02 Å². The van der Waals surface area contributed by atoms with Crippen LogP contribution in [-0.4, -0.2) is 18.2 Å². The van der Waals surface area contributed by atoms with Crippen LogP contribution in [0.5, 0.6) is 5.75 Å². The molecule has 0 heterocycles. The van der Waals surface area contributed by atoms with E-state index in [1.165, 1.54) is 13.2 Å². The lowest BCUT2D eigenvalue weighted by Gasteiger charge is -2.13. The lowest BCUT2D eigenvalue weighted by atomic mass is 9.98. The van der Waals surface area contributed by atoms with Gasteiger partial charge in [0.05, 0.1) is 18.4 Å². The molecule has 0 unspecified atom stereocenters. The first-order valence-corrected chi connectivity index (χ1v) is 5.88. The molecule has 2 rings (SSSR count). The highest BCUT2D eigenvalue weighted by Gasteiger charge is 2.17. The first kappa shape index (κ1) is 13.2. The third-order valence-corrected chi connectivity index (χ3v) is 2.95. The molecule has 98 valence electrons. The summed E-state index contributed by atoms with van der Waals surface area (Å²) >= 11 is 5.98. The van der Waals surface area contributed by atoms with E-state index in [9.17, 15) is 9.90 Å². The summed E-state index contributed by atoms with van der Waals surface area (Å²) in [5.41, 5.74) is 7.45. The summed E-state index contributed by atoms with van der Waals surface area (Å²) < 4.78 is 5.24. The highest BCUT2D eigenvalue weighted by Crippen LogP contribution is 2.39. The van der Waals surface area contributed by atoms with Gasteiger partial charge in [-0.05, 0) is 23.8 Å². The first-order valence-electron chi connectivity index (χ1n) is 5.50. The van der Waals surface area contributed by atoms with Gasteiger partial charge in [-0.15, -0.1) is 0 Å². The minimum Gasteiger partial charge on any atom is -0.494 e. The molecule has 2 aromatic rings. The van der Waals surface area contributed by atoms with Crippen molar-refractivity contribution in [1.29, 1.82) is 0 Å². The third-order valence-electron chi connectivity index (χ3n) is 2.73. The second kappa shape index (κ2) is 5.20. The number of carboxylic acids is 1. The maximum absolute atomic E-state index is 11.3. The summed E-state index contributed by atoms with van der Waals surface area (Å²) in [5, 5.41) is 9.65. The number of nitrogen functional groups attached to an aromatic ring is 1. The van der Waals surface area contributed by atoms with Gasteiger partial charge in [0.25, 0.3) is 0 Å². The number of hydrogen-bond donors (Lipinski definition) is 2. The average Bonchev–Trinajstić information content (AvgIpc) is 2.37. The molecule has 5 heteroatoms. The summed E-state index contributed by atoms with van der Waals surface area (Å²) in [6.45, 7) is 0. The average molecular weight is 278 g/mol. The number of nitrogens with two attached hydrogens (primary N) is 1. The van der Waals surface area contributed by atoms with Crippen LogP contribution in [0.15, 0.2) is 36.4 Å². The quantitative estimate of drug-likeness (QED) is 0.845. The van der Waals surface area contributed by atoms with Crippen molar-refractivity contribution in [3.05, 3.63) is 47.0 Å². The van der Waals surface area contributed by atoms with Crippen molar-refractivity contribution in [3.63, 3.8) is 0 Å². The number of aromatic carboxylic acids is 1.